The van der Waals surface area contributed by atoms with Crippen molar-refractivity contribution in [2.24, 2.45) is 0 Å². The van der Waals surface area contributed by atoms with Gasteiger partial charge in [0.05, 0.1) is 13.2 Å². The normalized spacial score (nSPS) is 12.0. The number of carbonyl (C=O) groups is 2. The number of ether oxygens (including phenoxy) is 3. The van der Waals surface area contributed by atoms with Gasteiger partial charge in [-0.3, -0.25) is 0 Å². The summed E-state index contributed by atoms with van der Waals surface area (Å²) in [5.41, 5.74) is 3.21. The monoisotopic (exact) mass is 457 g/mol. The highest BCUT2D eigenvalue weighted by Crippen LogP contribution is 2.43. The van der Waals surface area contributed by atoms with Crippen LogP contribution in [0.5, 0.6) is 11.5 Å². The molecule has 0 aromatic heterocycles. The second-order valence-corrected chi connectivity index (χ2v) is 7.81. The zero-order chi connectivity index (χ0) is 23.8. The molecule has 0 spiro atoms. The largest absolute Gasteiger partial charge is 0.492 e. The number of benzene rings is 3. The smallest absolute Gasteiger partial charge is 0.412 e. The number of hydrogen-bond donors (Lipinski definition) is 1. The van der Waals surface area contributed by atoms with Gasteiger partial charge in [-0.25, -0.2) is 9.59 Å². The van der Waals surface area contributed by atoms with Gasteiger partial charge in [-0.15, -0.1) is 0 Å². The number of amides is 1. The first kappa shape index (κ1) is 23.1. The average Bonchev–Trinajstić information content (AvgIpc) is 2.88. The molecule has 0 fully saturated rings. The van der Waals surface area contributed by atoms with Gasteiger partial charge < -0.3 is 19.5 Å². The summed E-state index contributed by atoms with van der Waals surface area (Å²) in [6.45, 7) is 4.06. The molecule has 0 unspecified atom stereocenters. The quantitative estimate of drug-likeness (QED) is 0.213. The minimum atomic E-state index is -0.602. The van der Waals surface area contributed by atoms with E-state index in [2.05, 4.69) is 36.2 Å². The van der Waals surface area contributed by atoms with Crippen LogP contribution in [0.4, 0.5) is 4.79 Å². The molecule has 0 saturated carbocycles. The molecular formula is C28H27NO5. The first-order chi connectivity index (χ1) is 16.7. The minimum absolute atomic E-state index is 0.0374. The maximum absolute atomic E-state index is 12.5. The Kier molecular flexibility index (Phi) is 7.60. The zero-order valence-corrected chi connectivity index (χ0v) is 18.9. The molecule has 6 nitrogen and oxygen atoms in total. The lowest BCUT2D eigenvalue weighted by molar-refractivity contribution is -0.137. The van der Waals surface area contributed by atoms with Crippen molar-refractivity contribution in [2.45, 2.75) is 19.3 Å². The predicted octanol–water partition coefficient (Wildman–Crippen LogP) is 4.93. The number of rotatable bonds is 9. The molecule has 3 aromatic carbocycles. The highest BCUT2D eigenvalue weighted by Gasteiger charge is 2.23. The summed E-state index contributed by atoms with van der Waals surface area (Å²) < 4.78 is 17.0. The standard InChI is InChI=1S/C28H27NO5/c1-2-25(30)32-19-17-29-28(31)34-27-23-14-8-6-12-21(23)26(22-13-7-9-15-24(22)27)33-18-16-20-10-4-3-5-11-20/h2-12,14H,1,13,15-19H2,(H,29,31). The molecule has 6 heteroatoms. The van der Waals surface area contributed by atoms with Gasteiger partial charge in [-0.1, -0.05) is 73.3 Å². The van der Waals surface area contributed by atoms with Crippen LogP contribution in [-0.2, 0) is 28.8 Å². The van der Waals surface area contributed by atoms with Crippen LogP contribution in [0.25, 0.3) is 10.8 Å². The average molecular weight is 458 g/mol. The van der Waals surface area contributed by atoms with Gasteiger partial charge in [0.1, 0.15) is 18.1 Å². The van der Waals surface area contributed by atoms with E-state index in [-0.39, 0.29) is 13.2 Å². The SMILES string of the molecule is C=CC(=O)OCCNC(=O)Oc1c2c(c(OCCc3ccccc3)c3ccccc13)CC=CC2. The summed E-state index contributed by atoms with van der Waals surface area (Å²) in [6, 6.07) is 18.0. The van der Waals surface area contributed by atoms with Gasteiger partial charge >= 0.3 is 12.1 Å². The van der Waals surface area contributed by atoms with Gasteiger partial charge in [0.25, 0.3) is 0 Å². The molecule has 34 heavy (non-hydrogen) atoms. The Balaban J connectivity index is 1.56. The van der Waals surface area contributed by atoms with Crippen molar-refractivity contribution < 1.29 is 23.8 Å². The van der Waals surface area contributed by atoms with Crippen molar-refractivity contribution in [3.05, 3.63) is 96.1 Å². The third kappa shape index (κ3) is 5.46. The Morgan fingerprint density at radius 3 is 2.24 bits per heavy atom. The lowest BCUT2D eigenvalue weighted by Gasteiger charge is -2.23. The van der Waals surface area contributed by atoms with Gasteiger partial charge in [-0.05, 0) is 18.4 Å². The van der Waals surface area contributed by atoms with Crippen LogP contribution in [0.1, 0.15) is 16.7 Å². The van der Waals surface area contributed by atoms with E-state index >= 15 is 0 Å². The van der Waals surface area contributed by atoms with E-state index in [4.69, 9.17) is 14.2 Å². The molecule has 1 aliphatic carbocycles. The van der Waals surface area contributed by atoms with Crippen molar-refractivity contribution in [2.75, 3.05) is 19.8 Å². The molecule has 174 valence electrons. The van der Waals surface area contributed by atoms with Crippen LogP contribution in [0.2, 0.25) is 0 Å². The first-order valence-electron chi connectivity index (χ1n) is 11.3. The van der Waals surface area contributed by atoms with Gasteiger partial charge in [0, 0.05) is 34.4 Å². The van der Waals surface area contributed by atoms with Gasteiger partial charge in [0.15, 0.2) is 0 Å². The fourth-order valence-electron chi connectivity index (χ4n) is 4.00. The highest BCUT2D eigenvalue weighted by molar-refractivity contribution is 5.97. The number of hydrogen-bond acceptors (Lipinski definition) is 5. The van der Waals surface area contributed by atoms with Crippen LogP contribution >= 0.6 is 0 Å². The van der Waals surface area contributed by atoms with E-state index in [1.54, 1.807) is 0 Å². The topological polar surface area (TPSA) is 73.9 Å². The summed E-state index contributed by atoms with van der Waals surface area (Å²) in [6.07, 6.45) is 6.81. The molecule has 4 rings (SSSR count). The number of allylic oxidation sites excluding steroid dienone is 2. The maximum Gasteiger partial charge on any atom is 0.412 e. The Morgan fingerprint density at radius 2 is 1.53 bits per heavy atom. The molecule has 1 amide bonds. The van der Waals surface area contributed by atoms with Crippen molar-refractivity contribution in [1.29, 1.82) is 0 Å². The van der Waals surface area contributed by atoms with E-state index < -0.39 is 12.1 Å². The summed E-state index contributed by atoms with van der Waals surface area (Å²) in [4.78, 5) is 23.7. The van der Waals surface area contributed by atoms with Gasteiger partial charge in [0.2, 0.25) is 0 Å². The fraction of sp³-hybridized carbons (Fsp3) is 0.214. The molecular weight excluding hydrogens is 430 g/mol. The van der Waals surface area contributed by atoms with Crippen LogP contribution in [0.15, 0.2) is 79.4 Å². The molecule has 1 aliphatic rings. The molecule has 0 aliphatic heterocycles. The van der Waals surface area contributed by atoms with E-state index in [0.717, 1.165) is 40.1 Å². The van der Waals surface area contributed by atoms with Crippen LogP contribution in [0, 0.1) is 0 Å². The van der Waals surface area contributed by atoms with Crippen molar-refractivity contribution >= 4 is 22.8 Å². The number of esters is 1. The summed E-state index contributed by atoms with van der Waals surface area (Å²) in [5.74, 6) is 0.839. The summed E-state index contributed by atoms with van der Waals surface area (Å²) in [7, 11) is 0. The summed E-state index contributed by atoms with van der Waals surface area (Å²) in [5, 5.41) is 4.36. The number of carbonyl (C=O) groups excluding carboxylic acids is 2. The number of fused-ring (bicyclic) bond motifs is 2. The minimum Gasteiger partial charge on any atom is -0.492 e. The first-order valence-corrected chi connectivity index (χ1v) is 11.3. The van der Waals surface area contributed by atoms with Crippen molar-refractivity contribution in [3.63, 3.8) is 0 Å². The molecule has 1 N–H and O–H groups in total. The zero-order valence-electron chi connectivity index (χ0n) is 18.9. The Morgan fingerprint density at radius 1 is 0.882 bits per heavy atom. The fourth-order valence-corrected chi connectivity index (χ4v) is 4.00. The summed E-state index contributed by atoms with van der Waals surface area (Å²) >= 11 is 0. The van der Waals surface area contributed by atoms with Crippen molar-refractivity contribution in [3.8, 4) is 11.5 Å². The van der Waals surface area contributed by atoms with E-state index in [1.807, 2.05) is 42.5 Å². The third-order valence-electron chi connectivity index (χ3n) is 5.60. The molecule has 0 radical (unpaired) electrons. The molecule has 0 atom stereocenters. The van der Waals surface area contributed by atoms with Crippen LogP contribution in [0.3, 0.4) is 0 Å². The molecule has 0 saturated heterocycles. The lowest BCUT2D eigenvalue weighted by Crippen LogP contribution is -2.31. The Hall–Kier alpha value is -4.06. The van der Waals surface area contributed by atoms with E-state index in [1.165, 1.54) is 5.56 Å². The third-order valence-corrected chi connectivity index (χ3v) is 5.60. The van der Waals surface area contributed by atoms with Crippen LogP contribution in [-0.4, -0.2) is 31.8 Å². The second kappa shape index (κ2) is 11.2. The number of nitrogens with one attached hydrogen (secondary N) is 1. The molecule has 3 aromatic rings. The lowest BCUT2D eigenvalue weighted by atomic mass is 9.90. The Labute approximate surface area is 198 Å². The highest BCUT2D eigenvalue weighted by atomic mass is 16.6. The second-order valence-electron chi connectivity index (χ2n) is 7.81. The molecule has 0 heterocycles. The van der Waals surface area contributed by atoms with E-state index in [9.17, 15) is 9.59 Å². The predicted molar refractivity (Wildman–Crippen MR) is 131 cm³/mol. The van der Waals surface area contributed by atoms with Crippen molar-refractivity contribution in [1.82, 2.24) is 5.32 Å². The van der Waals surface area contributed by atoms with E-state index in [0.29, 0.717) is 25.2 Å². The maximum atomic E-state index is 12.5. The Bertz CT molecular complexity index is 1220. The molecule has 0 bridgehead atoms. The van der Waals surface area contributed by atoms with Crippen LogP contribution < -0.4 is 14.8 Å². The van der Waals surface area contributed by atoms with Gasteiger partial charge in [-0.2, -0.15) is 0 Å².